The van der Waals surface area contributed by atoms with E-state index in [1.807, 2.05) is 0 Å². The highest BCUT2D eigenvalue weighted by Crippen LogP contribution is 2.45. The number of alkyl halides is 1. The van der Waals surface area contributed by atoms with E-state index in [-0.39, 0.29) is 0 Å². The van der Waals surface area contributed by atoms with Crippen LogP contribution in [0, 0.1) is 0 Å². The first-order valence-corrected chi connectivity index (χ1v) is 12.2. The molecular weight excluding hydrogens is 403 g/mol. The molecule has 172 valence electrons. The Morgan fingerprint density at radius 1 is 0.938 bits per heavy atom. The Morgan fingerprint density at radius 3 is 2.50 bits per heavy atom. The molecule has 0 spiro atoms. The number of ether oxygens (including phenoxy) is 2. The van der Waals surface area contributed by atoms with Gasteiger partial charge in [-0.3, -0.25) is 4.90 Å². The fourth-order valence-electron chi connectivity index (χ4n) is 5.70. The molecule has 0 bridgehead atoms. The van der Waals surface area contributed by atoms with Gasteiger partial charge in [0.1, 0.15) is 17.7 Å². The van der Waals surface area contributed by atoms with Crippen LogP contribution in [0.5, 0.6) is 11.5 Å². The third-order valence-electron chi connectivity index (χ3n) is 7.50. The zero-order valence-corrected chi connectivity index (χ0v) is 19.1. The molecule has 0 aliphatic carbocycles. The van der Waals surface area contributed by atoms with Crippen molar-refractivity contribution < 1.29 is 13.9 Å². The van der Waals surface area contributed by atoms with Gasteiger partial charge >= 0.3 is 0 Å². The highest BCUT2D eigenvalue weighted by Gasteiger charge is 2.36. The van der Waals surface area contributed by atoms with Gasteiger partial charge in [-0.15, -0.1) is 0 Å². The van der Waals surface area contributed by atoms with E-state index in [4.69, 9.17) is 9.47 Å². The maximum atomic E-state index is 13.3. The molecule has 4 nitrogen and oxygen atoms in total. The Labute approximate surface area is 191 Å². The Hall–Kier alpha value is -2.11. The molecule has 5 rings (SSSR count). The fraction of sp³-hybridized carbons (Fsp3) is 0.556. The monoisotopic (exact) mass is 438 g/mol. The number of piperidine rings is 1. The van der Waals surface area contributed by atoms with Crippen molar-refractivity contribution in [1.29, 1.82) is 0 Å². The molecule has 2 atom stereocenters. The van der Waals surface area contributed by atoms with E-state index >= 15 is 0 Å². The van der Waals surface area contributed by atoms with Crippen molar-refractivity contribution in [3.8, 4) is 11.5 Å². The van der Waals surface area contributed by atoms with Gasteiger partial charge in [0.15, 0.2) is 0 Å². The molecule has 0 N–H and O–H groups in total. The lowest BCUT2D eigenvalue weighted by Gasteiger charge is -2.37. The number of likely N-dealkylation sites (tertiary alicyclic amines) is 1. The minimum atomic E-state index is -0.602. The maximum absolute atomic E-state index is 13.3. The molecule has 2 fully saturated rings. The summed E-state index contributed by atoms with van der Waals surface area (Å²) in [6, 6.07) is 15.8. The van der Waals surface area contributed by atoms with Gasteiger partial charge in [-0.2, -0.15) is 0 Å². The second kappa shape index (κ2) is 9.80. The number of hydrogen-bond acceptors (Lipinski definition) is 4. The first kappa shape index (κ1) is 21.7. The van der Waals surface area contributed by atoms with Crippen molar-refractivity contribution in [2.45, 2.75) is 50.2 Å². The standard InChI is InChI=1S/C27H35FN2O2/c1-31-22-7-5-20(6-8-22)26-19-30-14-2-4-27(30)25-18-23(9-10-24(25)26)32-17-3-13-29-15-11-21(28)12-16-29/h5-10,18,21,26-27H,2-4,11-17,19H2,1H3/t26-,27-/m0/s1. The van der Waals surface area contributed by atoms with Crippen LogP contribution in [0.2, 0.25) is 0 Å². The fourth-order valence-corrected chi connectivity index (χ4v) is 5.70. The van der Waals surface area contributed by atoms with E-state index in [9.17, 15) is 4.39 Å². The minimum Gasteiger partial charge on any atom is -0.497 e. The predicted molar refractivity (Wildman–Crippen MR) is 126 cm³/mol. The molecule has 2 aromatic rings. The van der Waals surface area contributed by atoms with Crippen LogP contribution >= 0.6 is 0 Å². The van der Waals surface area contributed by atoms with Crippen molar-refractivity contribution in [1.82, 2.24) is 9.80 Å². The second-order valence-corrected chi connectivity index (χ2v) is 9.49. The highest BCUT2D eigenvalue weighted by atomic mass is 19.1. The van der Waals surface area contributed by atoms with Crippen LogP contribution in [0.3, 0.4) is 0 Å². The molecule has 3 heterocycles. The van der Waals surface area contributed by atoms with Crippen LogP contribution in [-0.4, -0.2) is 62.4 Å². The Morgan fingerprint density at radius 2 is 1.72 bits per heavy atom. The summed E-state index contributed by atoms with van der Waals surface area (Å²) in [5.41, 5.74) is 4.24. The Balaban J connectivity index is 1.26. The predicted octanol–water partition coefficient (Wildman–Crippen LogP) is 5.18. The van der Waals surface area contributed by atoms with Crippen molar-refractivity contribution in [3.63, 3.8) is 0 Å². The minimum absolute atomic E-state index is 0.387. The topological polar surface area (TPSA) is 24.9 Å². The van der Waals surface area contributed by atoms with Crippen molar-refractivity contribution in [3.05, 3.63) is 59.2 Å². The van der Waals surface area contributed by atoms with E-state index in [1.54, 1.807) is 7.11 Å². The summed E-state index contributed by atoms with van der Waals surface area (Å²) in [5, 5.41) is 0. The van der Waals surface area contributed by atoms with Crippen molar-refractivity contribution in [2.75, 3.05) is 46.4 Å². The Bertz CT molecular complexity index is 895. The molecule has 0 aromatic heterocycles. The van der Waals surface area contributed by atoms with Gasteiger partial charge in [-0.05, 0) is 79.6 Å². The first-order chi connectivity index (χ1) is 15.7. The summed E-state index contributed by atoms with van der Waals surface area (Å²) in [6.07, 6.45) is 4.24. The lowest BCUT2D eigenvalue weighted by molar-refractivity contribution is 0.143. The summed E-state index contributed by atoms with van der Waals surface area (Å²) < 4.78 is 24.8. The Kier molecular flexibility index (Phi) is 6.65. The van der Waals surface area contributed by atoms with Gasteiger partial charge in [-0.1, -0.05) is 18.2 Å². The third kappa shape index (κ3) is 4.65. The lowest BCUT2D eigenvalue weighted by atomic mass is 9.81. The van der Waals surface area contributed by atoms with Gasteiger partial charge in [0.25, 0.3) is 0 Å². The third-order valence-corrected chi connectivity index (χ3v) is 7.50. The number of methoxy groups -OCH3 is 1. The average molecular weight is 439 g/mol. The molecule has 0 unspecified atom stereocenters. The molecule has 0 saturated carbocycles. The van der Waals surface area contributed by atoms with Crippen LogP contribution in [0.1, 0.15) is 60.8 Å². The van der Waals surface area contributed by atoms with E-state index < -0.39 is 6.17 Å². The zero-order valence-electron chi connectivity index (χ0n) is 19.1. The van der Waals surface area contributed by atoms with E-state index in [1.165, 1.54) is 36.1 Å². The molecule has 0 radical (unpaired) electrons. The van der Waals surface area contributed by atoms with E-state index in [2.05, 4.69) is 52.3 Å². The summed E-state index contributed by atoms with van der Waals surface area (Å²) in [7, 11) is 1.72. The van der Waals surface area contributed by atoms with Crippen molar-refractivity contribution >= 4 is 0 Å². The quantitative estimate of drug-likeness (QED) is 0.556. The van der Waals surface area contributed by atoms with Crippen LogP contribution in [-0.2, 0) is 0 Å². The lowest BCUT2D eigenvalue weighted by Crippen LogP contribution is -2.35. The number of benzene rings is 2. The molecule has 3 aliphatic rings. The van der Waals surface area contributed by atoms with Crippen LogP contribution in [0.15, 0.2) is 42.5 Å². The van der Waals surface area contributed by atoms with Gasteiger partial charge in [0.05, 0.1) is 13.7 Å². The summed E-state index contributed by atoms with van der Waals surface area (Å²) in [4.78, 5) is 5.01. The maximum Gasteiger partial charge on any atom is 0.119 e. The molecule has 2 aromatic carbocycles. The molecule has 5 heteroatoms. The van der Waals surface area contributed by atoms with Gasteiger partial charge in [-0.25, -0.2) is 4.39 Å². The SMILES string of the molecule is COc1ccc([C@@H]2CN3CCC[C@H]3c3cc(OCCCN4CCC(F)CC4)ccc32)cc1. The van der Waals surface area contributed by atoms with E-state index in [0.29, 0.717) is 31.4 Å². The molecule has 2 saturated heterocycles. The van der Waals surface area contributed by atoms with Crippen LogP contribution in [0.4, 0.5) is 4.39 Å². The zero-order chi connectivity index (χ0) is 21.9. The summed E-state index contributed by atoms with van der Waals surface area (Å²) in [5.74, 6) is 2.27. The van der Waals surface area contributed by atoms with Crippen molar-refractivity contribution in [2.24, 2.45) is 0 Å². The molecular formula is C27H35FN2O2. The van der Waals surface area contributed by atoms with E-state index in [0.717, 1.165) is 44.1 Å². The highest BCUT2D eigenvalue weighted by molar-refractivity contribution is 5.47. The molecule has 0 amide bonds. The number of rotatable bonds is 7. The number of halogens is 1. The van der Waals surface area contributed by atoms with Crippen LogP contribution in [0.25, 0.3) is 0 Å². The largest absolute Gasteiger partial charge is 0.497 e. The normalized spacial score (nSPS) is 24.2. The average Bonchev–Trinajstić information content (AvgIpc) is 3.31. The number of fused-ring (bicyclic) bond motifs is 3. The first-order valence-electron chi connectivity index (χ1n) is 12.2. The number of nitrogens with zero attached hydrogens (tertiary/aromatic N) is 2. The number of hydrogen-bond donors (Lipinski definition) is 0. The summed E-state index contributed by atoms with van der Waals surface area (Å²) >= 11 is 0. The van der Waals surface area contributed by atoms with Gasteiger partial charge in [0.2, 0.25) is 0 Å². The molecule has 3 aliphatic heterocycles. The van der Waals surface area contributed by atoms with Gasteiger partial charge < -0.3 is 14.4 Å². The van der Waals surface area contributed by atoms with Crippen LogP contribution < -0.4 is 9.47 Å². The second-order valence-electron chi connectivity index (χ2n) is 9.49. The smallest absolute Gasteiger partial charge is 0.119 e. The van der Waals surface area contributed by atoms with Gasteiger partial charge in [0, 0.05) is 38.1 Å². The molecule has 32 heavy (non-hydrogen) atoms. The summed E-state index contributed by atoms with van der Waals surface area (Å²) in [6.45, 7) is 5.73.